The zero-order valence-electron chi connectivity index (χ0n) is 21.3. The third-order valence-corrected chi connectivity index (χ3v) is 11.9. The molecule has 0 radical (unpaired) electrons. The van der Waals surface area contributed by atoms with Crippen LogP contribution in [0, 0.1) is 0 Å². The monoisotopic (exact) mass is 511 g/mol. The Morgan fingerprint density at radius 2 is 1.47 bits per heavy atom. The Morgan fingerprint density at radius 1 is 0.833 bits per heavy atom. The molecule has 5 rings (SSSR count). The van der Waals surface area contributed by atoms with E-state index in [0.717, 1.165) is 54.7 Å². The number of aryl methyl sites for hydroxylation is 1. The number of rotatable bonds is 4. The highest BCUT2D eigenvalue weighted by Gasteiger charge is 2.43. The molecule has 0 amide bonds. The first-order valence-corrected chi connectivity index (χ1v) is 14.3. The molecule has 0 saturated carbocycles. The summed E-state index contributed by atoms with van der Waals surface area (Å²) in [5, 5.41) is 2.98. The van der Waals surface area contributed by atoms with Gasteiger partial charge >= 0.3 is 6.18 Å². The van der Waals surface area contributed by atoms with E-state index in [1.807, 2.05) is 12.1 Å². The molecule has 1 unspecified atom stereocenters. The van der Waals surface area contributed by atoms with Crippen LogP contribution in [0.25, 0.3) is 21.8 Å². The molecule has 0 bridgehead atoms. The van der Waals surface area contributed by atoms with Gasteiger partial charge in [-0.15, -0.1) is 0 Å². The van der Waals surface area contributed by atoms with Crippen LogP contribution in [0.1, 0.15) is 46.1 Å². The molecule has 3 aromatic carbocycles. The van der Waals surface area contributed by atoms with Gasteiger partial charge in [-0.1, -0.05) is 51.1 Å². The summed E-state index contributed by atoms with van der Waals surface area (Å²) in [4.78, 5) is 0. The molecule has 1 aromatic heterocycles. The lowest BCUT2D eigenvalue weighted by molar-refractivity contribution is -0.137. The van der Waals surface area contributed by atoms with Gasteiger partial charge in [0.25, 0.3) is 0 Å². The van der Waals surface area contributed by atoms with Crippen molar-refractivity contribution >= 4 is 40.0 Å². The van der Waals surface area contributed by atoms with Crippen molar-refractivity contribution in [1.82, 2.24) is 9.24 Å². The van der Waals surface area contributed by atoms with Crippen molar-refractivity contribution in [3.8, 4) is 0 Å². The van der Waals surface area contributed by atoms with Gasteiger partial charge in [0.1, 0.15) is 0 Å². The molecule has 1 fully saturated rings. The van der Waals surface area contributed by atoms with E-state index in [1.165, 1.54) is 23.0 Å². The summed E-state index contributed by atoms with van der Waals surface area (Å²) in [6, 6.07) is 20.7. The van der Waals surface area contributed by atoms with Gasteiger partial charge in [0.2, 0.25) is 0 Å². The zero-order chi connectivity index (χ0) is 25.7. The van der Waals surface area contributed by atoms with Crippen molar-refractivity contribution in [1.29, 1.82) is 0 Å². The van der Waals surface area contributed by atoms with Crippen molar-refractivity contribution < 1.29 is 13.2 Å². The van der Waals surface area contributed by atoms with Gasteiger partial charge in [-0.25, -0.2) is 4.74 Å². The molecule has 0 aliphatic carbocycles. The fourth-order valence-corrected chi connectivity index (χ4v) is 10.2. The van der Waals surface area contributed by atoms with Gasteiger partial charge in [0.05, 0.1) is 18.5 Å². The van der Waals surface area contributed by atoms with Crippen LogP contribution in [0.5, 0.6) is 0 Å². The van der Waals surface area contributed by atoms with E-state index >= 15 is 0 Å². The number of nitrogens with zero attached hydrogens (tertiary/aromatic N) is 3. The Kier molecular flexibility index (Phi) is 6.33. The maximum absolute atomic E-state index is 14.1. The Morgan fingerprint density at radius 3 is 2.14 bits per heavy atom. The number of alkyl halides is 3. The van der Waals surface area contributed by atoms with Crippen LogP contribution in [0.3, 0.4) is 0 Å². The average molecular weight is 512 g/mol. The van der Waals surface area contributed by atoms with Crippen LogP contribution in [-0.2, 0) is 12.7 Å². The topological polar surface area (TPSA) is 20.5 Å². The first-order valence-electron chi connectivity index (χ1n) is 12.6. The second-order valence-electron chi connectivity index (χ2n) is 10.5. The lowest BCUT2D eigenvalue weighted by atomic mass is 10.1. The van der Waals surface area contributed by atoms with E-state index < -0.39 is 18.9 Å². The minimum absolute atomic E-state index is 0.0382. The number of halogens is 3. The minimum Gasteiger partial charge on any atom is -0.341 e. The van der Waals surface area contributed by atoms with Crippen LogP contribution in [0.15, 0.2) is 71.5 Å². The van der Waals surface area contributed by atoms with Crippen LogP contribution < -0.4 is 5.30 Å². The quantitative estimate of drug-likeness (QED) is 0.251. The SMILES string of the molecule is CCn1c2ccccc2c2cc(P(=Nc3ccccc3C(F)(F)F)(N3CCCC3)C(C)(C)C)ccc21. The molecule has 1 aliphatic heterocycles. The second kappa shape index (κ2) is 9.08. The van der Waals surface area contributed by atoms with Crippen molar-refractivity contribution in [2.24, 2.45) is 4.74 Å². The molecule has 0 N–H and O–H groups in total. The maximum atomic E-state index is 14.1. The van der Waals surface area contributed by atoms with Gasteiger partial charge in [0, 0.05) is 51.9 Å². The predicted molar refractivity (Wildman–Crippen MR) is 146 cm³/mol. The molecule has 3 nitrogen and oxygen atoms in total. The predicted octanol–water partition coefficient (Wildman–Crippen LogP) is 8.80. The van der Waals surface area contributed by atoms with Gasteiger partial charge in [0.15, 0.2) is 0 Å². The molecule has 4 aromatic rings. The van der Waals surface area contributed by atoms with Gasteiger partial charge < -0.3 is 4.57 Å². The van der Waals surface area contributed by atoms with E-state index in [-0.39, 0.29) is 10.8 Å². The lowest BCUT2D eigenvalue weighted by Crippen LogP contribution is -2.35. The summed E-state index contributed by atoms with van der Waals surface area (Å²) in [5.41, 5.74) is 1.69. The highest BCUT2D eigenvalue weighted by molar-refractivity contribution is 7.73. The fraction of sp³-hybridized carbons (Fsp3) is 0.379. The van der Waals surface area contributed by atoms with Crippen molar-refractivity contribution in [3.05, 3.63) is 72.3 Å². The maximum Gasteiger partial charge on any atom is 0.418 e. The molecule has 0 spiro atoms. The first-order chi connectivity index (χ1) is 17.1. The molecular weight excluding hydrogens is 478 g/mol. The third kappa shape index (κ3) is 3.99. The highest BCUT2D eigenvalue weighted by atomic mass is 31.2. The van der Waals surface area contributed by atoms with Crippen molar-refractivity contribution in [3.63, 3.8) is 0 Å². The zero-order valence-corrected chi connectivity index (χ0v) is 22.2. The number of hydrogen-bond donors (Lipinski definition) is 0. The van der Waals surface area contributed by atoms with E-state index in [1.54, 1.807) is 6.07 Å². The number of aromatic nitrogens is 1. The molecule has 36 heavy (non-hydrogen) atoms. The first kappa shape index (κ1) is 25.1. The molecular formula is C29H33F3N3P. The lowest BCUT2D eigenvalue weighted by Gasteiger charge is -2.44. The number of hydrogen-bond acceptors (Lipinski definition) is 1. The largest absolute Gasteiger partial charge is 0.418 e. The summed E-state index contributed by atoms with van der Waals surface area (Å²) < 4.78 is 52.1. The van der Waals surface area contributed by atoms with Gasteiger partial charge in [-0.05, 0) is 56.2 Å². The summed E-state index contributed by atoms with van der Waals surface area (Å²) in [6.07, 6.45) is -2.39. The summed E-state index contributed by atoms with van der Waals surface area (Å²) in [6.45, 7) is 11.1. The summed E-state index contributed by atoms with van der Waals surface area (Å²) in [7, 11) is -2.63. The standard InChI is InChI=1S/C29H33F3N3P/c1-5-35-26-15-9-6-12-22(26)23-20-21(16-17-27(23)35)36(28(2,3)4,34-18-10-11-19-34)33-25-14-8-7-13-24(25)29(30,31)32/h6-9,12-17,20H,5,10-11,18-19H2,1-4H3. The molecule has 1 atom stereocenters. The molecule has 190 valence electrons. The molecule has 1 aliphatic rings. The molecule has 7 heteroatoms. The van der Waals surface area contributed by atoms with Gasteiger partial charge in [-0.2, -0.15) is 13.2 Å². The third-order valence-electron chi connectivity index (χ3n) is 7.32. The van der Waals surface area contributed by atoms with E-state index in [2.05, 4.69) is 67.3 Å². The Hall–Kier alpha value is -2.56. The van der Waals surface area contributed by atoms with Crippen LogP contribution in [0.2, 0.25) is 0 Å². The Bertz CT molecular complexity index is 1470. The van der Waals surface area contributed by atoms with Crippen LogP contribution in [-0.4, -0.2) is 27.5 Å². The fourth-order valence-electron chi connectivity index (χ4n) is 5.77. The Balaban J connectivity index is 1.88. The highest BCUT2D eigenvalue weighted by Crippen LogP contribution is 2.65. The number of fused-ring (bicyclic) bond motifs is 3. The Labute approximate surface area is 211 Å². The van der Waals surface area contributed by atoms with Gasteiger partial charge in [-0.3, -0.25) is 4.67 Å². The number of para-hydroxylation sites is 1. The molecule has 1 saturated heterocycles. The second-order valence-corrected chi connectivity index (χ2v) is 14.3. The van der Waals surface area contributed by atoms with Crippen molar-refractivity contribution in [2.75, 3.05) is 13.1 Å². The summed E-state index contributed by atoms with van der Waals surface area (Å²) >= 11 is 0. The average Bonchev–Trinajstić information content (AvgIpc) is 3.47. The van der Waals surface area contributed by atoms with Crippen molar-refractivity contribution in [2.45, 2.75) is 58.4 Å². The number of benzene rings is 3. The summed E-state index contributed by atoms with van der Waals surface area (Å²) in [5.74, 6) is 0. The van der Waals surface area contributed by atoms with E-state index in [9.17, 15) is 13.2 Å². The van der Waals surface area contributed by atoms with Crippen LogP contribution in [0.4, 0.5) is 18.9 Å². The van der Waals surface area contributed by atoms with E-state index in [0.29, 0.717) is 0 Å². The molecule has 2 heterocycles. The minimum atomic E-state index is -4.46. The normalized spacial score (nSPS) is 17.1. The van der Waals surface area contributed by atoms with Crippen LogP contribution >= 0.6 is 7.21 Å². The van der Waals surface area contributed by atoms with E-state index in [4.69, 9.17) is 4.74 Å². The smallest absolute Gasteiger partial charge is 0.341 e.